The second-order valence-corrected chi connectivity index (χ2v) is 8.21. The van der Waals surface area contributed by atoms with Crippen LogP contribution in [0.3, 0.4) is 0 Å². The van der Waals surface area contributed by atoms with Crippen molar-refractivity contribution in [3.8, 4) is 0 Å². The minimum Gasteiger partial charge on any atom is -0.478 e. The lowest BCUT2D eigenvalue weighted by atomic mass is 9.68. The molecule has 0 saturated heterocycles. The van der Waals surface area contributed by atoms with Gasteiger partial charge in [0.15, 0.2) is 0 Å². The number of nitrogens with one attached hydrogen (secondary N) is 1. The Hall–Kier alpha value is -2.07. The van der Waals surface area contributed by atoms with Gasteiger partial charge in [-0.25, -0.2) is 9.18 Å². The number of carbonyl (C=O) groups is 1. The van der Waals surface area contributed by atoms with Crippen molar-refractivity contribution in [2.45, 2.75) is 31.2 Å². The summed E-state index contributed by atoms with van der Waals surface area (Å²) in [7, 11) is 0. The summed E-state index contributed by atoms with van der Waals surface area (Å²) in [6.45, 7) is 0. The maximum Gasteiger partial charge on any atom is 0.335 e. The molecule has 134 valence electrons. The monoisotopic (exact) mass is 371 g/mol. The highest BCUT2D eigenvalue weighted by Crippen LogP contribution is 2.64. The van der Waals surface area contributed by atoms with Crippen LogP contribution in [0.25, 0.3) is 0 Å². The molecule has 2 aromatic rings. The lowest BCUT2D eigenvalue weighted by Gasteiger charge is -2.43. The van der Waals surface area contributed by atoms with E-state index in [4.69, 9.17) is 11.6 Å². The van der Waals surface area contributed by atoms with Gasteiger partial charge in [-0.3, -0.25) is 0 Å². The van der Waals surface area contributed by atoms with Crippen molar-refractivity contribution in [2.24, 2.45) is 17.8 Å². The van der Waals surface area contributed by atoms with Crippen LogP contribution in [0, 0.1) is 23.6 Å². The molecule has 2 saturated carbocycles. The number of hydrogen-bond donors (Lipinski definition) is 2. The van der Waals surface area contributed by atoms with Crippen molar-refractivity contribution in [2.75, 3.05) is 5.32 Å². The summed E-state index contributed by atoms with van der Waals surface area (Å²) >= 11 is 6.39. The molecule has 2 aromatic carbocycles. The minimum absolute atomic E-state index is 0.174. The Morgan fingerprint density at radius 3 is 2.77 bits per heavy atom. The smallest absolute Gasteiger partial charge is 0.335 e. The van der Waals surface area contributed by atoms with E-state index >= 15 is 0 Å². The van der Waals surface area contributed by atoms with Crippen molar-refractivity contribution in [3.63, 3.8) is 0 Å². The second kappa shape index (κ2) is 5.71. The van der Waals surface area contributed by atoms with E-state index in [0.29, 0.717) is 28.0 Å². The van der Waals surface area contributed by atoms with Gasteiger partial charge in [0.2, 0.25) is 0 Å². The van der Waals surface area contributed by atoms with Crippen molar-refractivity contribution in [3.05, 3.63) is 63.9 Å². The van der Waals surface area contributed by atoms with Gasteiger partial charge in [-0.15, -0.1) is 0 Å². The molecule has 0 radical (unpaired) electrons. The number of halogens is 2. The standard InChI is InChI=1S/C21H19ClFNO2/c22-14-2-1-3-15(23)19(14)20-18-11-5-4-10(8-11)17(18)13-9-12(21(25)26)6-7-16(13)24-20/h1-3,6-7,9-11,17-18,20,24H,4-5,8H2,(H,25,26)/t10-,11+,17+,18+,20+/m1/s1. The third-order valence-electron chi connectivity index (χ3n) is 6.64. The highest BCUT2D eigenvalue weighted by molar-refractivity contribution is 6.31. The Morgan fingerprint density at radius 1 is 1.19 bits per heavy atom. The molecule has 5 atom stereocenters. The normalized spacial score (nSPS) is 31.2. The third kappa shape index (κ3) is 2.21. The summed E-state index contributed by atoms with van der Waals surface area (Å²) in [6, 6.07) is 9.91. The molecule has 1 heterocycles. The van der Waals surface area contributed by atoms with Gasteiger partial charge < -0.3 is 10.4 Å². The van der Waals surface area contributed by atoms with E-state index < -0.39 is 5.97 Å². The van der Waals surface area contributed by atoms with Crippen molar-refractivity contribution in [1.29, 1.82) is 0 Å². The van der Waals surface area contributed by atoms with E-state index in [9.17, 15) is 14.3 Å². The van der Waals surface area contributed by atoms with Crippen molar-refractivity contribution < 1.29 is 14.3 Å². The van der Waals surface area contributed by atoms with E-state index in [2.05, 4.69) is 5.32 Å². The Morgan fingerprint density at radius 2 is 2.00 bits per heavy atom. The summed E-state index contributed by atoms with van der Waals surface area (Å²) in [5, 5.41) is 13.3. The summed E-state index contributed by atoms with van der Waals surface area (Å²) in [6.07, 6.45) is 3.46. The molecule has 0 spiro atoms. The van der Waals surface area contributed by atoms with Crippen LogP contribution in [0.5, 0.6) is 0 Å². The summed E-state index contributed by atoms with van der Waals surface area (Å²) in [4.78, 5) is 11.4. The van der Waals surface area contributed by atoms with Crippen LogP contribution in [-0.4, -0.2) is 11.1 Å². The van der Waals surface area contributed by atoms with Crippen molar-refractivity contribution >= 4 is 23.3 Å². The van der Waals surface area contributed by atoms with E-state index in [1.165, 1.54) is 12.5 Å². The number of benzene rings is 2. The lowest BCUT2D eigenvalue weighted by molar-refractivity contribution is 0.0696. The first-order valence-electron chi connectivity index (χ1n) is 9.12. The van der Waals surface area contributed by atoms with E-state index in [1.807, 2.05) is 12.1 Å². The summed E-state index contributed by atoms with van der Waals surface area (Å²) in [5.41, 5.74) is 2.85. The Labute approximate surface area is 156 Å². The van der Waals surface area contributed by atoms with Gasteiger partial charge in [0.1, 0.15) is 5.82 Å². The molecule has 5 heteroatoms. The molecule has 0 aromatic heterocycles. The number of fused-ring (bicyclic) bond motifs is 7. The first-order valence-corrected chi connectivity index (χ1v) is 9.50. The van der Waals surface area contributed by atoms with Crippen LogP contribution in [0.2, 0.25) is 5.02 Å². The Balaban J connectivity index is 1.67. The molecular formula is C21H19ClFNO2. The number of carboxylic acid groups (broad SMARTS) is 1. The largest absolute Gasteiger partial charge is 0.478 e. The molecule has 3 aliphatic rings. The van der Waals surface area contributed by atoms with Gasteiger partial charge in [0.25, 0.3) is 0 Å². The molecule has 2 bridgehead atoms. The third-order valence-corrected chi connectivity index (χ3v) is 6.97. The molecule has 5 rings (SSSR count). The number of carboxylic acids is 1. The molecule has 3 nitrogen and oxygen atoms in total. The van der Waals surface area contributed by atoms with Gasteiger partial charge in [-0.05, 0) is 78.8 Å². The molecule has 0 unspecified atom stereocenters. The van der Waals surface area contributed by atoms with Crippen LogP contribution >= 0.6 is 11.6 Å². The van der Waals surface area contributed by atoms with Crippen LogP contribution in [0.4, 0.5) is 10.1 Å². The molecule has 2 fully saturated rings. The van der Waals surface area contributed by atoms with E-state index in [1.54, 1.807) is 18.2 Å². The fourth-order valence-corrected chi connectivity index (χ4v) is 6.00. The summed E-state index contributed by atoms with van der Waals surface area (Å²) in [5.74, 6) is 0.404. The van der Waals surface area contributed by atoms with Gasteiger partial charge >= 0.3 is 5.97 Å². The van der Waals surface area contributed by atoms with Gasteiger partial charge in [0, 0.05) is 16.3 Å². The highest BCUT2D eigenvalue weighted by Gasteiger charge is 2.54. The summed E-state index contributed by atoms with van der Waals surface area (Å²) < 4.78 is 14.7. The molecule has 0 amide bonds. The first-order chi connectivity index (χ1) is 12.5. The zero-order valence-corrected chi connectivity index (χ0v) is 14.8. The number of anilines is 1. The zero-order chi connectivity index (χ0) is 18.0. The van der Waals surface area contributed by atoms with Gasteiger partial charge in [-0.2, -0.15) is 0 Å². The zero-order valence-electron chi connectivity index (χ0n) is 14.1. The van der Waals surface area contributed by atoms with Crippen molar-refractivity contribution in [1.82, 2.24) is 0 Å². The molecule has 1 aliphatic heterocycles. The predicted octanol–water partition coefficient (Wildman–Crippen LogP) is 5.47. The van der Waals surface area contributed by atoms with Gasteiger partial charge in [0.05, 0.1) is 11.6 Å². The Kier molecular flexibility index (Phi) is 3.54. The average Bonchev–Trinajstić information content (AvgIpc) is 3.23. The number of rotatable bonds is 2. The fraction of sp³-hybridized carbons (Fsp3) is 0.381. The van der Waals surface area contributed by atoms with Gasteiger partial charge in [-0.1, -0.05) is 17.7 Å². The number of hydrogen-bond acceptors (Lipinski definition) is 2. The van der Waals surface area contributed by atoms with Crippen LogP contribution in [0.1, 0.15) is 52.7 Å². The number of aromatic carboxylic acids is 1. The van der Waals surface area contributed by atoms with Crippen LogP contribution in [-0.2, 0) is 0 Å². The minimum atomic E-state index is -0.910. The van der Waals surface area contributed by atoms with E-state index in [0.717, 1.165) is 24.1 Å². The SMILES string of the molecule is O=C(O)c1ccc2c(c1)[C@@H]1[C@@H]3CC[C@@H](C3)[C@@H]1[C@@H](c1c(F)cccc1Cl)N2. The van der Waals surface area contributed by atoms with Crippen LogP contribution in [0.15, 0.2) is 36.4 Å². The highest BCUT2D eigenvalue weighted by atomic mass is 35.5. The molecule has 2 aliphatic carbocycles. The average molecular weight is 372 g/mol. The fourth-order valence-electron chi connectivity index (χ4n) is 5.72. The first kappa shape index (κ1) is 16.1. The molecule has 26 heavy (non-hydrogen) atoms. The molecular weight excluding hydrogens is 353 g/mol. The lowest BCUT2D eigenvalue weighted by Crippen LogP contribution is -2.36. The maximum absolute atomic E-state index is 14.7. The quantitative estimate of drug-likeness (QED) is 0.735. The Bertz CT molecular complexity index is 895. The topological polar surface area (TPSA) is 49.3 Å². The second-order valence-electron chi connectivity index (χ2n) is 7.80. The predicted molar refractivity (Wildman–Crippen MR) is 98.2 cm³/mol. The molecule has 2 N–H and O–H groups in total. The van der Waals surface area contributed by atoms with E-state index in [-0.39, 0.29) is 23.7 Å². The maximum atomic E-state index is 14.7. The van der Waals surface area contributed by atoms with Crippen LogP contribution < -0.4 is 5.32 Å².